The van der Waals surface area contributed by atoms with Gasteiger partial charge in [0.25, 0.3) is 0 Å². The van der Waals surface area contributed by atoms with Crippen molar-refractivity contribution in [2.24, 2.45) is 0 Å². The molecule has 0 fully saturated rings. The normalized spacial score (nSPS) is 10.2. The third-order valence-electron chi connectivity index (χ3n) is 3.86. The van der Waals surface area contributed by atoms with Crippen molar-refractivity contribution in [3.63, 3.8) is 0 Å². The first-order chi connectivity index (χ1) is 13.4. The molecule has 0 heterocycles. The molecule has 0 bridgehead atoms. The van der Waals surface area contributed by atoms with Gasteiger partial charge in [0.15, 0.2) is 5.78 Å². The molecular weight excluding hydrogens is 360 g/mol. The topological polar surface area (TPSA) is 98.5 Å². The van der Waals surface area contributed by atoms with Gasteiger partial charge in [0, 0.05) is 29.8 Å². The number of nitrogens with one attached hydrogen (secondary N) is 1. The van der Waals surface area contributed by atoms with Crippen LogP contribution in [0.15, 0.2) is 72.8 Å². The highest BCUT2D eigenvalue weighted by atomic mass is 16.6. The average molecular weight is 376 g/mol. The quantitative estimate of drug-likeness (QED) is 0.386. The fraction of sp³-hybridized carbons (Fsp3) is 0.0476. The van der Waals surface area contributed by atoms with Gasteiger partial charge in [-0.2, -0.15) is 0 Å². The minimum absolute atomic E-state index is 0.0156. The van der Waals surface area contributed by atoms with E-state index in [1.807, 2.05) is 0 Å². The van der Waals surface area contributed by atoms with Crippen molar-refractivity contribution >= 4 is 23.1 Å². The molecule has 0 atom stereocenters. The number of carbonyl (C=O) groups is 2. The van der Waals surface area contributed by atoms with Gasteiger partial charge in [-0.1, -0.05) is 30.3 Å². The third-order valence-corrected chi connectivity index (χ3v) is 3.86. The van der Waals surface area contributed by atoms with E-state index in [0.29, 0.717) is 17.0 Å². The molecule has 0 spiro atoms. The van der Waals surface area contributed by atoms with E-state index in [4.69, 9.17) is 4.74 Å². The Morgan fingerprint density at radius 3 is 2.21 bits per heavy atom. The first-order valence-corrected chi connectivity index (χ1v) is 8.38. The van der Waals surface area contributed by atoms with Crippen LogP contribution >= 0.6 is 0 Å². The van der Waals surface area contributed by atoms with Crippen LogP contribution in [0.25, 0.3) is 0 Å². The smallest absolute Gasteiger partial charge is 0.312 e. The summed E-state index contributed by atoms with van der Waals surface area (Å²) in [5.74, 6) is -0.140. The Morgan fingerprint density at radius 2 is 1.61 bits per heavy atom. The van der Waals surface area contributed by atoms with Gasteiger partial charge in [-0.15, -0.1) is 0 Å². The van der Waals surface area contributed by atoms with E-state index in [2.05, 4.69) is 5.32 Å². The summed E-state index contributed by atoms with van der Waals surface area (Å²) in [5, 5.41) is 14.1. The minimum atomic E-state index is -0.594. The summed E-state index contributed by atoms with van der Waals surface area (Å²) < 4.78 is 5.61. The van der Waals surface area contributed by atoms with Crippen LogP contribution in [0, 0.1) is 10.1 Å². The maximum absolute atomic E-state index is 12.5. The highest BCUT2D eigenvalue weighted by Crippen LogP contribution is 2.33. The molecule has 0 aromatic heterocycles. The van der Waals surface area contributed by atoms with Crippen LogP contribution in [0.2, 0.25) is 0 Å². The number of nitrogens with zero attached hydrogens (tertiary/aromatic N) is 1. The lowest BCUT2D eigenvalue weighted by Gasteiger charge is -2.09. The van der Waals surface area contributed by atoms with Gasteiger partial charge in [0.1, 0.15) is 5.75 Å². The van der Waals surface area contributed by atoms with E-state index < -0.39 is 4.92 Å². The van der Waals surface area contributed by atoms with Gasteiger partial charge >= 0.3 is 5.69 Å². The molecule has 0 radical (unpaired) electrons. The van der Waals surface area contributed by atoms with Crippen molar-refractivity contribution in [2.45, 2.75) is 6.92 Å². The number of nitro groups is 1. The lowest BCUT2D eigenvalue weighted by atomic mass is 10.0. The molecule has 7 nitrogen and oxygen atoms in total. The van der Waals surface area contributed by atoms with E-state index in [1.54, 1.807) is 54.6 Å². The number of carbonyl (C=O) groups excluding carboxylic acids is 2. The van der Waals surface area contributed by atoms with Crippen molar-refractivity contribution in [3.8, 4) is 11.5 Å². The lowest BCUT2D eigenvalue weighted by Crippen LogP contribution is -2.05. The largest absolute Gasteiger partial charge is 0.450 e. The second-order valence-corrected chi connectivity index (χ2v) is 5.94. The first-order valence-electron chi connectivity index (χ1n) is 8.38. The van der Waals surface area contributed by atoms with E-state index in [9.17, 15) is 19.7 Å². The lowest BCUT2D eigenvalue weighted by molar-refractivity contribution is -0.385. The SMILES string of the molecule is CC(=O)Nc1ccc(Oc2ccc(C(=O)c3ccccc3)cc2[N+](=O)[O-])cc1. The van der Waals surface area contributed by atoms with E-state index in [-0.39, 0.29) is 28.7 Å². The molecule has 0 saturated heterocycles. The van der Waals surface area contributed by atoms with Crippen LogP contribution in [0.5, 0.6) is 11.5 Å². The summed E-state index contributed by atoms with van der Waals surface area (Å²) in [5.41, 5.74) is 0.913. The maximum atomic E-state index is 12.5. The Balaban J connectivity index is 1.86. The van der Waals surface area contributed by atoms with Crippen molar-refractivity contribution in [1.82, 2.24) is 0 Å². The van der Waals surface area contributed by atoms with E-state index >= 15 is 0 Å². The van der Waals surface area contributed by atoms with Gasteiger partial charge < -0.3 is 10.1 Å². The number of amides is 1. The Bertz CT molecular complexity index is 1030. The highest BCUT2D eigenvalue weighted by Gasteiger charge is 2.20. The molecule has 1 N–H and O–H groups in total. The van der Waals surface area contributed by atoms with Gasteiger partial charge in [-0.25, -0.2) is 0 Å². The Morgan fingerprint density at radius 1 is 0.929 bits per heavy atom. The minimum Gasteiger partial charge on any atom is -0.450 e. The Hall–Kier alpha value is -4.00. The summed E-state index contributed by atoms with van der Waals surface area (Å²) in [4.78, 5) is 34.4. The molecule has 0 saturated carbocycles. The second kappa shape index (κ2) is 8.13. The van der Waals surface area contributed by atoms with Gasteiger partial charge in [0.05, 0.1) is 4.92 Å². The summed E-state index contributed by atoms with van der Waals surface area (Å²) in [6.45, 7) is 1.39. The van der Waals surface area contributed by atoms with E-state index in [0.717, 1.165) is 0 Å². The van der Waals surface area contributed by atoms with Crippen LogP contribution in [0.4, 0.5) is 11.4 Å². The summed E-state index contributed by atoms with van der Waals surface area (Å²) in [6, 6.07) is 19.0. The van der Waals surface area contributed by atoms with Gasteiger partial charge in [-0.05, 0) is 36.4 Å². The second-order valence-electron chi connectivity index (χ2n) is 5.94. The standard InChI is InChI=1S/C21H16N2O5/c1-14(24)22-17-8-10-18(11-9-17)28-20-12-7-16(13-19(20)23(26)27)21(25)15-5-3-2-4-6-15/h2-13H,1H3,(H,22,24). The Labute approximate surface area is 160 Å². The fourth-order valence-corrected chi connectivity index (χ4v) is 2.58. The zero-order valence-electron chi connectivity index (χ0n) is 14.9. The van der Waals surface area contributed by atoms with Crippen LogP contribution in [-0.4, -0.2) is 16.6 Å². The van der Waals surface area contributed by atoms with E-state index in [1.165, 1.54) is 25.1 Å². The molecule has 0 aliphatic heterocycles. The number of hydrogen-bond donors (Lipinski definition) is 1. The molecule has 0 aliphatic rings. The first kappa shape index (κ1) is 18.8. The van der Waals surface area contributed by atoms with Crippen LogP contribution in [0.3, 0.4) is 0 Å². The van der Waals surface area contributed by atoms with Crippen molar-refractivity contribution in [2.75, 3.05) is 5.32 Å². The average Bonchev–Trinajstić information content (AvgIpc) is 2.69. The summed E-state index contributed by atoms with van der Waals surface area (Å²) >= 11 is 0. The number of anilines is 1. The van der Waals surface area contributed by atoms with Crippen LogP contribution in [0.1, 0.15) is 22.8 Å². The highest BCUT2D eigenvalue weighted by molar-refractivity contribution is 6.09. The predicted octanol–water partition coefficient (Wildman–Crippen LogP) is 4.58. The summed E-state index contributed by atoms with van der Waals surface area (Å²) in [6.07, 6.45) is 0. The molecular formula is C21H16N2O5. The molecule has 140 valence electrons. The maximum Gasteiger partial charge on any atom is 0.312 e. The summed E-state index contributed by atoms with van der Waals surface area (Å²) in [7, 11) is 0. The molecule has 0 unspecified atom stereocenters. The molecule has 0 aliphatic carbocycles. The zero-order valence-corrected chi connectivity index (χ0v) is 14.9. The van der Waals surface area contributed by atoms with Crippen molar-refractivity contribution in [1.29, 1.82) is 0 Å². The molecule has 28 heavy (non-hydrogen) atoms. The monoisotopic (exact) mass is 376 g/mol. The van der Waals surface area contributed by atoms with Crippen molar-refractivity contribution < 1.29 is 19.2 Å². The van der Waals surface area contributed by atoms with Crippen LogP contribution in [-0.2, 0) is 4.79 Å². The number of rotatable bonds is 6. The number of nitro benzene ring substituents is 1. The third kappa shape index (κ3) is 4.39. The van der Waals surface area contributed by atoms with Gasteiger partial charge in [0.2, 0.25) is 11.7 Å². The number of hydrogen-bond acceptors (Lipinski definition) is 5. The zero-order chi connectivity index (χ0) is 20.1. The number of benzene rings is 3. The predicted molar refractivity (Wildman–Crippen MR) is 104 cm³/mol. The Kier molecular flexibility index (Phi) is 5.45. The molecule has 7 heteroatoms. The number of ketones is 1. The number of ether oxygens (including phenoxy) is 1. The van der Waals surface area contributed by atoms with Gasteiger partial charge in [-0.3, -0.25) is 19.7 Å². The molecule has 3 aromatic carbocycles. The fourth-order valence-electron chi connectivity index (χ4n) is 2.58. The molecule has 1 amide bonds. The molecule has 3 rings (SSSR count). The molecule has 3 aromatic rings. The van der Waals surface area contributed by atoms with Crippen LogP contribution < -0.4 is 10.1 Å². The van der Waals surface area contributed by atoms with Crippen molar-refractivity contribution in [3.05, 3.63) is 94.0 Å².